The molecule has 3 heterocycles. The molecule has 2 aromatic rings. The quantitative estimate of drug-likeness (QED) is 0.842. The van der Waals surface area contributed by atoms with Crippen LogP contribution in [0.15, 0.2) is 12.4 Å². The second kappa shape index (κ2) is 8.80. The van der Waals surface area contributed by atoms with Gasteiger partial charge in [-0.1, -0.05) is 6.92 Å². The number of nitrogens with one attached hydrogen (secondary N) is 2. The Morgan fingerprint density at radius 2 is 2.21 bits per heavy atom. The number of rotatable bonds is 3. The van der Waals surface area contributed by atoms with Gasteiger partial charge < -0.3 is 10.6 Å². The summed E-state index contributed by atoms with van der Waals surface area (Å²) >= 11 is 1.43. The highest BCUT2D eigenvalue weighted by Gasteiger charge is 2.25. The first kappa shape index (κ1) is 20.9. The topological polar surface area (TPSA) is 71.8 Å². The predicted octanol–water partition coefficient (Wildman–Crippen LogP) is 2.42. The third-order valence-electron chi connectivity index (χ3n) is 4.10. The molecule has 0 saturated carbocycles. The fourth-order valence-electron chi connectivity index (χ4n) is 2.68. The molecule has 3 rings (SSSR count). The summed E-state index contributed by atoms with van der Waals surface area (Å²) in [5, 5.41) is 11.5. The van der Waals surface area contributed by atoms with Crippen molar-refractivity contribution in [2.75, 3.05) is 13.1 Å². The summed E-state index contributed by atoms with van der Waals surface area (Å²) in [5.41, 5.74) is 1.72. The standard InChI is InChI=1S/C15H21N5OS.2ClH/c1-9-4-5-16-7-12(9)19-14(21)13-10(2)18-15(22-13)11-6-17-20(3)8-11;;/h6,8-9,12,16H,4-5,7H2,1-3H3,(H,19,21);2*1H. The third-order valence-corrected chi connectivity index (χ3v) is 5.30. The molecule has 1 saturated heterocycles. The summed E-state index contributed by atoms with van der Waals surface area (Å²) in [6, 6.07) is 0.185. The van der Waals surface area contributed by atoms with E-state index in [-0.39, 0.29) is 36.8 Å². The molecular formula is C15H23Cl2N5OS. The molecule has 0 spiro atoms. The summed E-state index contributed by atoms with van der Waals surface area (Å²) in [4.78, 5) is 17.7. The molecule has 2 atom stereocenters. The number of hydrogen-bond acceptors (Lipinski definition) is 5. The lowest BCUT2D eigenvalue weighted by Gasteiger charge is -2.30. The van der Waals surface area contributed by atoms with Crippen LogP contribution in [-0.4, -0.2) is 39.8 Å². The molecule has 2 N–H and O–H groups in total. The number of halogens is 2. The average molecular weight is 392 g/mol. The first-order chi connectivity index (χ1) is 10.5. The van der Waals surface area contributed by atoms with Gasteiger partial charge in [-0.3, -0.25) is 9.48 Å². The summed E-state index contributed by atoms with van der Waals surface area (Å²) in [5.74, 6) is 0.474. The van der Waals surface area contributed by atoms with Crippen LogP contribution in [0.5, 0.6) is 0 Å². The fourth-order valence-corrected chi connectivity index (χ4v) is 3.62. The van der Waals surface area contributed by atoms with E-state index in [2.05, 4.69) is 27.6 Å². The maximum Gasteiger partial charge on any atom is 0.263 e. The zero-order valence-electron chi connectivity index (χ0n) is 13.9. The van der Waals surface area contributed by atoms with Gasteiger partial charge in [0.25, 0.3) is 5.91 Å². The number of aromatic nitrogens is 3. The first-order valence-electron chi connectivity index (χ1n) is 7.52. The van der Waals surface area contributed by atoms with Crippen LogP contribution in [0.4, 0.5) is 0 Å². The molecule has 6 nitrogen and oxygen atoms in total. The number of hydrogen-bond donors (Lipinski definition) is 2. The minimum absolute atomic E-state index is 0. The monoisotopic (exact) mass is 391 g/mol. The maximum absolute atomic E-state index is 12.5. The Hall–Kier alpha value is -1.15. The number of nitrogens with zero attached hydrogens (tertiary/aromatic N) is 3. The van der Waals surface area contributed by atoms with Crippen molar-refractivity contribution in [1.82, 2.24) is 25.4 Å². The molecule has 1 amide bonds. The highest BCUT2D eigenvalue weighted by Crippen LogP contribution is 2.27. The van der Waals surface area contributed by atoms with E-state index < -0.39 is 0 Å². The van der Waals surface area contributed by atoms with E-state index in [9.17, 15) is 4.79 Å². The Bertz CT molecular complexity index is 687. The Morgan fingerprint density at radius 1 is 1.46 bits per heavy atom. The highest BCUT2D eigenvalue weighted by molar-refractivity contribution is 7.17. The van der Waals surface area contributed by atoms with Crippen molar-refractivity contribution in [1.29, 1.82) is 0 Å². The van der Waals surface area contributed by atoms with Crippen LogP contribution in [0.25, 0.3) is 10.6 Å². The van der Waals surface area contributed by atoms with Crippen LogP contribution in [0.3, 0.4) is 0 Å². The van der Waals surface area contributed by atoms with Crippen molar-refractivity contribution < 1.29 is 4.79 Å². The van der Waals surface area contributed by atoms with E-state index in [4.69, 9.17) is 0 Å². The minimum Gasteiger partial charge on any atom is -0.347 e. The summed E-state index contributed by atoms with van der Waals surface area (Å²) < 4.78 is 1.74. The molecule has 9 heteroatoms. The number of carbonyl (C=O) groups is 1. The molecule has 24 heavy (non-hydrogen) atoms. The van der Waals surface area contributed by atoms with Crippen molar-refractivity contribution in [3.63, 3.8) is 0 Å². The van der Waals surface area contributed by atoms with E-state index in [0.717, 1.165) is 35.8 Å². The van der Waals surface area contributed by atoms with E-state index >= 15 is 0 Å². The Morgan fingerprint density at radius 3 is 2.83 bits per heavy atom. The smallest absolute Gasteiger partial charge is 0.263 e. The summed E-state index contributed by atoms with van der Waals surface area (Å²) in [6.45, 7) is 5.93. The Labute approximate surface area is 158 Å². The van der Waals surface area contributed by atoms with Crippen LogP contribution in [-0.2, 0) is 7.05 Å². The lowest BCUT2D eigenvalue weighted by Crippen LogP contribution is -2.50. The Balaban J connectivity index is 0.00000144. The van der Waals surface area contributed by atoms with Gasteiger partial charge in [0.1, 0.15) is 9.88 Å². The van der Waals surface area contributed by atoms with Gasteiger partial charge in [-0.05, 0) is 25.8 Å². The third kappa shape index (κ3) is 4.47. The van der Waals surface area contributed by atoms with Crippen LogP contribution in [0, 0.1) is 12.8 Å². The van der Waals surface area contributed by atoms with Crippen LogP contribution in [0.1, 0.15) is 28.7 Å². The van der Waals surface area contributed by atoms with Crippen molar-refractivity contribution in [3.8, 4) is 10.6 Å². The highest BCUT2D eigenvalue weighted by atomic mass is 35.5. The molecule has 2 unspecified atom stereocenters. The van der Waals surface area contributed by atoms with Crippen molar-refractivity contribution in [3.05, 3.63) is 23.0 Å². The summed E-state index contributed by atoms with van der Waals surface area (Å²) in [7, 11) is 1.87. The molecule has 1 aliphatic rings. The molecule has 1 aliphatic heterocycles. The van der Waals surface area contributed by atoms with Gasteiger partial charge >= 0.3 is 0 Å². The van der Waals surface area contributed by atoms with Gasteiger partial charge in [0, 0.05) is 31.4 Å². The Kier molecular flexibility index (Phi) is 7.66. The van der Waals surface area contributed by atoms with Crippen molar-refractivity contribution >= 4 is 42.1 Å². The molecule has 0 bridgehead atoms. The minimum atomic E-state index is -0.0225. The second-order valence-electron chi connectivity index (χ2n) is 5.89. The van der Waals surface area contributed by atoms with Crippen LogP contribution in [0.2, 0.25) is 0 Å². The van der Waals surface area contributed by atoms with Crippen molar-refractivity contribution in [2.24, 2.45) is 13.0 Å². The molecule has 0 aromatic carbocycles. The van der Waals surface area contributed by atoms with Gasteiger partial charge in [0.05, 0.1) is 11.9 Å². The summed E-state index contributed by atoms with van der Waals surface area (Å²) in [6.07, 6.45) is 4.77. The molecule has 0 radical (unpaired) electrons. The predicted molar refractivity (Wildman–Crippen MR) is 101 cm³/mol. The zero-order valence-corrected chi connectivity index (χ0v) is 16.4. The normalized spacial score (nSPS) is 20.0. The van der Waals surface area contributed by atoms with Gasteiger partial charge in [0.2, 0.25) is 0 Å². The molecule has 2 aromatic heterocycles. The first-order valence-corrected chi connectivity index (χ1v) is 8.34. The van der Waals surface area contributed by atoms with Crippen LogP contribution < -0.4 is 10.6 Å². The lowest BCUT2D eigenvalue weighted by molar-refractivity contribution is 0.0918. The van der Waals surface area contributed by atoms with Crippen molar-refractivity contribution in [2.45, 2.75) is 26.3 Å². The van der Waals surface area contributed by atoms with Gasteiger partial charge in [0.15, 0.2) is 0 Å². The molecule has 0 aliphatic carbocycles. The SMILES string of the molecule is Cc1nc(-c2cnn(C)c2)sc1C(=O)NC1CNCCC1C.Cl.Cl. The van der Waals surface area contributed by atoms with E-state index in [1.165, 1.54) is 11.3 Å². The van der Waals surface area contributed by atoms with Gasteiger partial charge in [-0.25, -0.2) is 4.98 Å². The van der Waals surface area contributed by atoms with Crippen LogP contribution >= 0.6 is 36.2 Å². The number of piperidine rings is 1. The fraction of sp³-hybridized carbons (Fsp3) is 0.533. The largest absolute Gasteiger partial charge is 0.347 e. The van der Waals surface area contributed by atoms with Gasteiger partial charge in [-0.15, -0.1) is 36.2 Å². The second-order valence-corrected chi connectivity index (χ2v) is 6.89. The van der Waals surface area contributed by atoms with Gasteiger partial charge in [-0.2, -0.15) is 5.10 Å². The maximum atomic E-state index is 12.5. The number of thiazole rings is 1. The zero-order chi connectivity index (χ0) is 15.7. The number of carbonyl (C=O) groups excluding carboxylic acids is 1. The molecular weight excluding hydrogens is 369 g/mol. The average Bonchev–Trinajstić information content (AvgIpc) is 3.07. The number of aryl methyl sites for hydroxylation is 2. The lowest BCUT2D eigenvalue weighted by atomic mass is 9.95. The van der Waals surface area contributed by atoms with E-state index in [0.29, 0.717) is 10.8 Å². The molecule has 1 fully saturated rings. The van der Waals surface area contributed by atoms with E-state index in [1.807, 2.05) is 20.2 Å². The number of amides is 1. The molecule has 134 valence electrons. The van der Waals surface area contributed by atoms with E-state index in [1.54, 1.807) is 10.9 Å².